The molecule has 154 valence electrons. The van der Waals surface area contributed by atoms with E-state index in [2.05, 4.69) is 10.1 Å². The maximum Gasteiger partial charge on any atom is 0.299 e. The van der Waals surface area contributed by atoms with Crippen molar-refractivity contribution >= 4 is 16.7 Å². The fourth-order valence-electron chi connectivity index (χ4n) is 3.50. The summed E-state index contributed by atoms with van der Waals surface area (Å²) in [6.45, 7) is -0.271. The second-order valence-electron chi connectivity index (χ2n) is 6.78. The van der Waals surface area contributed by atoms with E-state index in [-0.39, 0.29) is 12.3 Å². The van der Waals surface area contributed by atoms with Gasteiger partial charge in [0.2, 0.25) is 0 Å². The molecule has 31 heavy (non-hydrogen) atoms. The van der Waals surface area contributed by atoms with Crippen molar-refractivity contribution in [3.63, 3.8) is 0 Å². The molecule has 7 nitrogen and oxygen atoms in total. The van der Waals surface area contributed by atoms with Crippen LogP contribution in [0.5, 0.6) is 5.75 Å². The maximum absolute atomic E-state index is 13.2. The molecule has 0 bridgehead atoms. The van der Waals surface area contributed by atoms with Crippen LogP contribution in [0.25, 0.3) is 22.2 Å². The third-order valence-electron chi connectivity index (χ3n) is 4.96. The van der Waals surface area contributed by atoms with E-state index >= 15 is 0 Å². The Hall–Kier alpha value is -4.26. The Kier molecular flexibility index (Phi) is 5.57. The van der Waals surface area contributed by atoms with Gasteiger partial charge in [-0.05, 0) is 18.2 Å². The maximum atomic E-state index is 13.2. The number of nitrogens with zero attached hydrogens (tertiary/aromatic N) is 3. The fraction of sp³-hybridized carbons (Fsp3) is 0.0833. The highest BCUT2D eigenvalue weighted by molar-refractivity contribution is 5.99. The lowest BCUT2D eigenvalue weighted by atomic mass is 10.1. The molecule has 0 saturated carbocycles. The number of carbonyl (C=O) groups excluding carboxylic acids is 1. The molecule has 4 aromatic rings. The van der Waals surface area contributed by atoms with Crippen LogP contribution in [-0.2, 0) is 6.54 Å². The molecular formula is C24H19N3O4. The summed E-state index contributed by atoms with van der Waals surface area (Å²) in [6.07, 6.45) is 0. The molecular weight excluding hydrogens is 394 g/mol. The molecule has 0 aliphatic heterocycles. The first kappa shape index (κ1) is 20.0. The van der Waals surface area contributed by atoms with E-state index in [9.17, 15) is 14.8 Å². The van der Waals surface area contributed by atoms with Gasteiger partial charge in [0.15, 0.2) is 5.78 Å². The van der Waals surface area contributed by atoms with Crippen molar-refractivity contribution in [3.8, 4) is 17.0 Å². The predicted octanol–water partition coefficient (Wildman–Crippen LogP) is 3.24. The lowest BCUT2D eigenvalue weighted by Gasteiger charge is -2.10. The molecule has 0 unspecified atom stereocenters. The van der Waals surface area contributed by atoms with Gasteiger partial charge >= 0.3 is 0 Å². The zero-order valence-electron chi connectivity index (χ0n) is 16.7. The van der Waals surface area contributed by atoms with Crippen molar-refractivity contribution in [3.05, 3.63) is 100 Å². The van der Waals surface area contributed by atoms with Gasteiger partial charge in [-0.3, -0.25) is 14.2 Å². The van der Waals surface area contributed by atoms with Gasteiger partial charge in [-0.1, -0.05) is 65.8 Å². The quantitative estimate of drug-likeness (QED) is 0.308. The largest absolute Gasteiger partial charge is 0.496 e. The third kappa shape index (κ3) is 3.81. The summed E-state index contributed by atoms with van der Waals surface area (Å²) >= 11 is 0. The molecule has 0 amide bonds. The Morgan fingerprint density at radius 1 is 1.00 bits per heavy atom. The number of fused-ring (bicyclic) bond motifs is 1. The molecule has 0 saturated heterocycles. The highest BCUT2D eigenvalue weighted by Crippen LogP contribution is 2.25. The number of aromatic nitrogens is 2. The van der Waals surface area contributed by atoms with Crippen LogP contribution in [0.15, 0.2) is 88.8 Å². The second-order valence-corrected chi connectivity index (χ2v) is 6.78. The van der Waals surface area contributed by atoms with Crippen molar-refractivity contribution in [2.45, 2.75) is 6.54 Å². The summed E-state index contributed by atoms with van der Waals surface area (Å²) in [6, 6.07) is 23.2. The standard InChI is InChI=1S/C24H19N3O4/c1-31-21-14-8-6-12-18(21)20(28)15-27-19-13-7-5-11-17(19)22(16-9-3-2-4-10-16)25-23(26-30)24(27)29/h2-14,30H,15H2,1H3. The number of Topliss-reactive ketones (excluding diaryl/α,β-unsaturated/α-hetero) is 1. The SMILES string of the molecule is COc1ccccc1C(=O)Cn1c(=O)c(=NO)nc(-c2ccccc2)c2ccccc21. The van der Waals surface area contributed by atoms with Crippen LogP contribution in [0.4, 0.5) is 0 Å². The Labute approximate surface area is 177 Å². The highest BCUT2D eigenvalue weighted by atomic mass is 16.5. The lowest BCUT2D eigenvalue weighted by Crippen LogP contribution is -2.36. The molecule has 0 aliphatic rings. The number of ether oxygens (including phenoxy) is 1. The Bertz CT molecular complexity index is 1400. The van der Waals surface area contributed by atoms with Gasteiger partial charge in [0.25, 0.3) is 11.0 Å². The van der Waals surface area contributed by atoms with Crippen LogP contribution in [0.3, 0.4) is 0 Å². The number of para-hydroxylation sites is 2. The molecule has 7 heteroatoms. The van der Waals surface area contributed by atoms with Crippen LogP contribution in [0, 0.1) is 0 Å². The third-order valence-corrected chi connectivity index (χ3v) is 4.96. The first-order chi connectivity index (χ1) is 15.1. The average Bonchev–Trinajstić information content (AvgIpc) is 2.94. The van der Waals surface area contributed by atoms with Gasteiger partial charge in [-0.2, -0.15) is 0 Å². The Morgan fingerprint density at radius 2 is 1.68 bits per heavy atom. The Balaban J connectivity index is 2.00. The van der Waals surface area contributed by atoms with Crippen molar-refractivity contribution in [1.29, 1.82) is 0 Å². The molecule has 3 aromatic carbocycles. The van der Waals surface area contributed by atoms with E-state index in [1.54, 1.807) is 36.4 Å². The first-order valence-electron chi connectivity index (χ1n) is 9.57. The fourth-order valence-corrected chi connectivity index (χ4v) is 3.50. The average molecular weight is 413 g/mol. The van der Waals surface area contributed by atoms with E-state index in [1.807, 2.05) is 42.5 Å². The van der Waals surface area contributed by atoms with E-state index in [0.717, 1.165) is 5.56 Å². The topological polar surface area (TPSA) is 93.8 Å². The van der Waals surface area contributed by atoms with Crippen LogP contribution in [0.1, 0.15) is 10.4 Å². The zero-order valence-corrected chi connectivity index (χ0v) is 16.7. The molecule has 0 spiro atoms. The van der Waals surface area contributed by atoms with Gasteiger partial charge in [-0.25, -0.2) is 4.98 Å². The summed E-state index contributed by atoms with van der Waals surface area (Å²) in [5, 5.41) is 13.3. The van der Waals surface area contributed by atoms with Crippen LogP contribution >= 0.6 is 0 Å². The predicted molar refractivity (Wildman–Crippen MR) is 116 cm³/mol. The number of rotatable bonds is 5. The van der Waals surface area contributed by atoms with Crippen LogP contribution < -0.4 is 15.8 Å². The van der Waals surface area contributed by atoms with E-state index < -0.39 is 11.0 Å². The minimum Gasteiger partial charge on any atom is -0.496 e. The van der Waals surface area contributed by atoms with E-state index in [0.29, 0.717) is 27.9 Å². The minimum absolute atomic E-state index is 0.271. The van der Waals surface area contributed by atoms with Gasteiger partial charge in [0.1, 0.15) is 5.75 Å². The lowest BCUT2D eigenvalue weighted by molar-refractivity contribution is 0.0969. The number of methoxy groups -OCH3 is 1. The molecule has 1 aromatic heterocycles. The normalized spacial score (nSPS) is 11.5. The second kappa shape index (κ2) is 8.62. The number of hydrogen-bond acceptors (Lipinski definition) is 6. The minimum atomic E-state index is -0.677. The smallest absolute Gasteiger partial charge is 0.299 e. The zero-order chi connectivity index (χ0) is 21.8. The first-order valence-corrected chi connectivity index (χ1v) is 9.57. The molecule has 0 radical (unpaired) electrons. The summed E-state index contributed by atoms with van der Waals surface area (Å²) in [4.78, 5) is 30.6. The van der Waals surface area contributed by atoms with Crippen molar-refractivity contribution < 1.29 is 14.7 Å². The molecule has 1 N–H and O–H groups in total. The van der Waals surface area contributed by atoms with Crippen molar-refractivity contribution in [2.24, 2.45) is 5.16 Å². The molecule has 0 atom stereocenters. The number of carbonyl (C=O) groups is 1. The summed E-state index contributed by atoms with van der Waals surface area (Å²) in [5.41, 5.74) is 1.00. The molecule has 1 heterocycles. The van der Waals surface area contributed by atoms with E-state index in [4.69, 9.17) is 4.74 Å². The molecule has 4 rings (SSSR count). The highest BCUT2D eigenvalue weighted by Gasteiger charge is 2.17. The molecule has 0 fully saturated rings. The van der Waals surface area contributed by atoms with Gasteiger partial charge < -0.3 is 9.94 Å². The summed E-state index contributed by atoms with van der Waals surface area (Å²) < 4.78 is 6.56. The van der Waals surface area contributed by atoms with Crippen LogP contribution in [0.2, 0.25) is 0 Å². The monoisotopic (exact) mass is 413 g/mol. The summed E-state index contributed by atoms with van der Waals surface area (Å²) in [5.74, 6) is 0.0985. The van der Waals surface area contributed by atoms with Gasteiger partial charge in [0, 0.05) is 10.9 Å². The Morgan fingerprint density at radius 3 is 2.42 bits per heavy atom. The van der Waals surface area contributed by atoms with Gasteiger partial charge in [0.05, 0.1) is 30.4 Å². The van der Waals surface area contributed by atoms with Gasteiger partial charge in [-0.15, -0.1) is 0 Å². The molecule has 0 aliphatic carbocycles. The summed E-state index contributed by atoms with van der Waals surface area (Å²) in [7, 11) is 1.48. The number of benzene rings is 3. The van der Waals surface area contributed by atoms with Crippen molar-refractivity contribution in [2.75, 3.05) is 7.11 Å². The number of ketones is 1. The van der Waals surface area contributed by atoms with E-state index in [1.165, 1.54) is 11.7 Å². The van der Waals surface area contributed by atoms with Crippen molar-refractivity contribution in [1.82, 2.24) is 9.55 Å². The number of hydrogen-bond donors (Lipinski definition) is 1. The van der Waals surface area contributed by atoms with Crippen LogP contribution in [-0.4, -0.2) is 27.7 Å².